The third-order valence-electron chi connectivity index (χ3n) is 2.48. The van der Waals surface area contributed by atoms with Crippen LogP contribution in [0.4, 0.5) is 4.39 Å². The average molecular weight is 247 g/mol. The summed E-state index contributed by atoms with van der Waals surface area (Å²) in [6.45, 7) is 0.205. The van der Waals surface area contributed by atoms with Crippen molar-refractivity contribution in [3.05, 3.63) is 69.9 Å². The summed E-state index contributed by atoms with van der Waals surface area (Å²) in [7, 11) is 0. The molecule has 1 aromatic heterocycles. The summed E-state index contributed by atoms with van der Waals surface area (Å²) in [6.07, 6.45) is 1.39. The lowest BCUT2D eigenvalue weighted by molar-refractivity contribution is 0.0696. The number of pyridine rings is 1. The fourth-order valence-electron chi connectivity index (χ4n) is 1.60. The first-order valence-electron chi connectivity index (χ1n) is 5.24. The van der Waals surface area contributed by atoms with Gasteiger partial charge in [0.2, 0.25) is 0 Å². The van der Waals surface area contributed by atoms with Gasteiger partial charge in [-0.1, -0.05) is 12.1 Å². The summed E-state index contributed by atoms with van der Waals surface area (Å²) < 4.78 is 14.3. The molecule has 1 aromatic carbocycles. The van der Waals surface area contributed by atoms with Crippen LogP contribution in [0.25, 0.3) is 0 Å². The van der Waals surface area contributed by atoms with Gasteiger partial charge < -0.3 is 9.67 Å². The number of aromatic nitrogens is 1. The van der Waals surface area contributed by atoms with Gasteiger partial charge in [-0.05, 0) is 23.8 Å². The number of benzene rings is 1. The van der Waals surface area contributed by atoms with E-state index in [2.05, 4.69) is 0 Å². The third-order valence-corrected chi connectivity index (χ3v) is 2.48. The maximum Gasteiger partial charge on any atom is 0.335 e. The van der Waals surface area contributed by atoms with E-state index in [0.717, 1.165) is 6.07 Å². The molecule has 0 aliphatic heterocycles. The number of carbonyl (C=O) groups is 1. The minimum atomic E-state index is -1.15. The van der Waals surface area contributed by atoms with Crippen molar-refractivity contribution < 1.29 is 14.3 Å². The fourth-order valence-corrected chi connectivity index (χ4v) is 1.60. The molecule has 0 amide bonds. The van der Waals surface area contributed by atoms with Crippen LogP contribution in [0.5, 0.6) is 0 Å². The molecule has 0 bridgehead atoms. The number of hydrogen-bond acceptors (Lipinski definition) is 2. The zero-order chi connectivity index (χ0) is 13.1. The smallest absolute Gasteiger partial charge is 0.335 e. The van der Waals surface area contributed by atoms with E-state index >= 15 is 0 Å². The predicted octanol–water partition coefficient (Wildman–Crippen LogP) is 1.73. The first-order chi connectivity index (χ1) is 8.56. The van der Waals surface area contributed by atoms with E-state index < -0.39 is 11.5 Å². The van der Waals surface area contributed by atoms with E-state index in [0.29, 0.717) is 5.56 Å². The first-order valence-corrected chi connectivity index (χ1v) is 5.24. The van der Waals surface area contributed by atoms with Gasteiger partial charge in [0, 0.05) is 12.3 Å². The van der Waals surface area contributed by atoms with Gasteiger partial charge in [-0.25, -0.2) is 9.18 Å². The van der Waals surface area contributed by atoms with Crippen LogP contribution in [0.15, 0.2) is 47.4 Å². The maximum absolute atomic E-state index is 13.0. The van der Waals surface area contributed by atoms with Crippen molar-refractivity contribution in [2.45, 2.75) is 6.54 Å². The van der Waals surface area contributed by atoms with Crippen molar-refractivity contribution in [1.29, 1.82) is 0 Å². The number of hydrogen-bond donors (Lipinski definition) is 1. The van der Waals surface area contributed by atoms with Crippen molar-refractivity contribution in [1.82, 2.24) is 4.57 Å². The van der Waals surface area contributed by atoms with Crippen LogP contribution in [0.2, 0.25) is 0 Å². The molecule has 0 spiro atoms. The van der Waals surface area contributed by atoms with Crippen LogP contribution in [-0.2, 0) is 6.54 Å². The lowest BCUT2D eigenvalue weighted by atomic mass is 10.2. The Morgan fingerprint density at radius 3 is 2.67 bits per heavy atom. The summed E-state index contributed by atoms with van der Waals surface area (Å²) in [5.74, 6) is -1.52. The normalized spacial score (nSPS) is 10.3. The molecule has 2 aromatic rings. The molecule has 0 saturated heterocycles. The van der Waals surface area contributed by atoms with E-state index in [-0.39, 0.29) is 17.9 Å². The number of rotatable bonds is 3. The van der Waals surface area contributed by atoms with Crippen molar-refractivity contribution in [2.24, 2.45) is 0 Å². The van der Waals surface area contributed by atoms with E-state index in [1.54, 1.807) is 12.1 Å². The Bertz CT molecular complexity index is 649. The van der Waals surface area contributed by atoms with E-state index in [1.807, 2.05) is 0 Å². The molecule has 0 aliphatic carbocycles. The summed E-state index contributed by atoms with van der Waals surface area (Å²) in [5, 5.41) is 8.73. The van der Waals surface area contributed by atoms with Gasteiger partial charge in [-0.3, -0.25) is 4.79 Å². The second kappa shape index (κ2) is 4.83. The van der Waals surface area contributed by atoms with Crippen molar-refractivity contribution in [3.63, 3.8) is 0 Å². The van der Waals surface area contributed by atoms with Crippen LogP contribution >= 0.6 is 0 Å². The largest absolute Gasteiger partial charge is 0.478 e. The minimum absolute atomic E-state index is 0.0597. The molecule has 1 N–H and O–H groups in total. The molecule has 5 heteroatoms. The van der Waals surface area contributed by atoms with Gasteiger partial charge >= 0.3 is 5.97 Å². The number of carboxylic acid groups (broad SMARTS) is 1. The summed E-state index contributed by atoms with van der Waals surface area (Å²) in [4.78, 5) is 22.3. The van der Waals surface area contributed by atoms with Gasteiger partial charge in [-0.15, -0.1) is 0 Å². The number of carboxylic acids is 1. The molecule has 0 fully saturated rings. The van der Waals surface area contributed by atoms with Crippen molar-refractivity contribution >= 4 is 5.97 Å². The van der Waals surface area contributed by atoms with Crippen LogP contribution in [0.1, 0.15) is 15.9 Å². The van der Waals surface area contributed by atoms with Crippen LogP contribution in [0, 0.1) is 5.82 Å². The Hall–Kier alpha value is -2.43. The van der Waals surface area contributed by atoms with Crippen molar-refractivity contribution in [3.8, 4) is 0 Å². The van der Waals surface area contributed by atoms with Gasteiger partial charge in [-0.2, -0.15) is 0 Å². The number of halogens is 1. The Morgan fingerprint density at radius 2 is 2.06 bits per heavy atom. The second-order valence-electron chi connectivity index (χ2n) is 3.82. The molecule has 0 unspecified atom stereocenters. The predicted molar refractivity (Wildman–Crippen MR) is 63.2 cm³/mol. The van der Waals surface area contributed by atoms with Crippen LogP contribution in [-0.4, -0.2) is 15.6 Å². The number of nitrogens with zero attached hydrogens (tertiary/aromatic N) is 1. The molecule has 4 nitrogen and oxygen atoms in total. The molecule has 18 heavy (non-hydrogen) atoms. The minimum Gasteiger partial charge on any atom is -0.478 e. The summed E-state index contributed by atoms with van der Waals surface area (Å²) in [5.41, 5.74) is 0.148. The molecule has 1 heterocycles. The SMILES string of the molecule is O=C(O)c1ccn(Cc2cccc(F)c2)c(=O)c1. The van der Waals surface area contributed by atoms with E-state index in [9.17, 15) is 14.0 Å². The van der Waals surface area contributed by atoms with E-state index in [1.165, 1.54) is 29.0 Å². The third kappa shape index (κ3) is 2.63. The highest BCUT2D eigenvalue weighted by atomic mass is 19.1. The van der Waals surface area contributed by atoms with Gasteiger partial charge in [0.25, 0.3) is 5.56 Å². The zero-order valence-corrected chi connectivity index (χ0v) is 9.34. The monoisotopic (exact) mass is 247 g/mol. The molecule has 0 atom stereocenters. The van der Waals surface area contributed by atoms with Gasteiger partial charge in [0.15, 0.2) is 0 Å². The highest BCUT2D eigenvalue weighted by Gasteiger charge is 2.05. The van der Waals surface area contributed by atoms with Crippen LogP contribution < -0.4 is 5.56 Å². The standard InChI is InChI=1S/C13H10FNO3/c14-11-3-1-2-9(6-11)8-15-5-4-10(13(17)18)7-12(15)16/h1-7H,8H2,(H,17,18). The zero-order valence-electron chi connectivity index (χ0n) is 9.34. The Balaban J connectivity index is 2.30. The van der Waals surface area contributed by atoms with Gasteiger partial charge in [0.1, 0.15) is 5.82 Å². The maximum atomic E-state index is 13.0. The summed E-state index contributed by atoms with van der Waals surface area (Å²) >= 11 is 0. The summed E-state index contributed by atoms with van der Waals surface area (Å²) in [6, 6.07) is 8.28. The highest BCUT2D eigenvalue weighted by Crippen LogP contribution is 2.05. The lowest BCUT2D eigenvalue weighted by Gasteiger charge is -2.06. The molecule has 0 saturated carbocycles. The molecule has 0 aliphatic rings. The Labute approximate surface area is 102 Å². The molecule has 0 radical (unpaired) electrons. The van der Waals surface area contributed by atoms with Crippen molar-refractivity contribution in [2.75, 3.05) is 0 Å². The fraction of sp³-hybridized carbons (Fsp3) is 0.0769. The quantitative estimate of drug-likeness (QED) is 0.898. The van der Waals surface area contributed by atoms with Crippen LogP contribution in [0.3, 0.4) is 0 Å². The first kappa shape index (κ1) is 12.0. The molecule has 2 rings (SSSR count). The molecular formula is C13H10FNO3. The Morgan fingerprint density at radius 1 is 1.28 bits per heavy atom. The second-order valence-corrected chi connectivity index (χ2v) is 3.82. The topological polar surface area (TPSA) is 59.3 Å². The van der Waals surface area contributed by atoms with E-state index in [4.69, 9.17) is 5.11 Å². The van der Waals surface area contributed by atoms with Gasteiger partial charge in [0.05, 0.1) is 12.1 Å². The number of aromatic carboxylic acids is 1. The highest BCUT2D eigenvalue weighted by molar-refractivity contribution is 5.87. The average Bonchev–Trinajstić information content (AvgIpc) is 2.31. The Kier molecular flexibility index (Phi) is 3.23. The molecule has 92 valence electrons. The molecular weight excluding hydrogens is 237 g/mol. The lowest BCUT2D eigenvalue weighted by Crippen LogP contribution is -2.20.